The fourth-order valence-corrected chi connectivity index (χ4v) is 7.99. The van der Waals surface area contributed by atoms with E-state index < -0.39 is 0 Å². The predicted octanol–water partition coefficient (Wildman–Crippen LogP) is 9.23. The summed E-state index contributed by atoms with van der Waals surface area (Å²) in [5.41, 5.74) is 13.6. The van der Waals surface area contributed by atoms with Crippen molar-refractivity contribution in [2.75, 3.05) is 28.4 Å². The number of hydrogen-bond donors (Lipinski definition) is 9. The zero-order valence-electron chi connectivity index (χ0n) is 36.3. The molecule has 338 valence electrons. The topological polar surface area (TPSA) is 286 Å². The normalized spacial score (nSPS) is 10.6. The number of nitrogens with two attached hydrogens (primary N) is 1. The Balaban J connectivity index is 0.000000238. The zero-order valence-corrected chi connectivity index (χ0v) is 38.0. The van der Waals surface area contributed by atoms with E-state index in [9.17, 15) is 9.59 Å². The van der Waals surface area contributed by atoms with Crippen molar-refractivity contribution in [3.05, 3.63) is 165 Å². The molecular formula is C48H46N14O3S2. The summed E-state index contributed by atoms with van der Waals surface area (Å²) in [6.07, 6.45) is 7.12. The molecule has 0 bridgehead atoms. The number of rotatable bonds is 12. The lowest BCUT2D eigenvalue weighted by Gasteiger charge is -2.10. The number of para-hydroxylation sites is 2. The van der Waals surface area contributed by atoms with Crippen LogP contribution < -0.4 is 43.8 Å². The van der Waals surface area contributed by atoms with E-state index in [1.165, 1.54) is 22.7 Å². The summed E-state index contributed by atoms with van der Waals surface area (Å²) in [5.74, 6) is 0.0233. The Bertz CT molecular complexity index is 2880. The Labute approximate surface area is 394 Å². The number of nitriles is 2. The molecule has 2 amide bonds. The van der Waals surface area contributed by atoms with Crippen molar-refractivity contribution < 1.29 is 14.7 Å². The zero-order chi connectivity index (χ0) is 46.7. The number of pyridine rings is 2. The lowest BCUT2D eigenvalue weighted by Crippen LogP contribution is -2.26. The molecule has 0 unspecified atom stereocenters. The minimum absolute atomic E-state index is 0. The number of hydrogen-bond acceptors (Lipinski definition) is 14. The van der Waals surface area contributed by atoms with Gasteiger partial charge in [-0.05, 0) is 102 Å². The van der Waals surface area contributed by atoms with E-state index in [0.717, 1.165) is 51.4 Å². The monoisotopic (exact) mass is 930 g/mol. The summed E-state index contributed by atoms with van der Waals surface area (Å²) in [4.78, 5) is 44.1. The molecular weight excluding hydrogens is 885 g/mol. The number of anilines is 4. The molecule has 19 heteroatoms. The van der Waals surface area contributed by atoms with Gasteiger partial charge in [-0.1, -0.05) is 48.5 Å². The maximum atomic E-state index is 12.9. The summed E-state index contributed by atoms with van der Waals surface area (Å²) < 4.78 is 0. The molecule has 12 N–H and O–H groups in total. The first-order valence-electron chi connectivity index (χ1n) is 20.0. The highest BCUT2D eigenvalue weighted by atomic mass is 32.1. The molecule has 0 aliphatic rings. The van der Waals surface area contributed by atoms with Gasteiger partial charge >= 0.3 is 0 Å². The van der Waals surface area contributed by atoms with Crippen molar-refractivity contribution in [1.29, 1.82) is 10.5 Å². The minimum Gasteiger partial charge on any atom is -0.400 e. The van der Waals surface area contributed by atoms with E-state index in [4.69, 9.17) is 21.4 Å². The SMILES string of the molecule is CC(=Nc1cccc(NC(=O)c2sccc2NCc2ccnc3ccccc23)c1)NC#N.CO.N.N#CNC(N)=Nc1cccc(NC(=O)c2sccc2NCc2ccnc3ccccc23)c1. The Morgan fingerprint density at radius 3 is 1.58 bits per heavy atom. The molecule has 67 heavy (non-hydrogen) atoms. The summed E-state index contributed by atoms with van der Waals surface area (Å²) in [7, 11) is 1.00. The van der Waals surface area contributed by atoms with Gasteiger partial charge in [0.1, 0.15) is 15.6 Å². The molecule has 0 saturated heterocycles. The number of nitrogens with zero attached hydrogens (tertiary/aromatic N) is 6. The van der Waals surface area contributed by atoms with Gasteiger partial charge < -0.3 is 38.3 Å². The van der Waals surface area contributed by atoms with Gasteiger partial charge in [-0.25, -0.2) is 9.98 Å². The van der Waals surface area contributed by atoms with Gasteiger partial charge in [0, 0.05) is 54.7 Å². The van der Waals surface area contributed by atoms with E-state index in [1.807, 2.05) is 89.7 Å². The lowest BCUT2D eigenvalue weighted by molar-refractivity contribution is 0.102. The third-order valence-electron chi connectivity index (χ3n) is 9.34. The molecule has 0 atom stereocenters. The average Bonchev–Trinajstić information content (AvgIpc) is 4.02. The fraction of sp³-hybridized carbons (Fsp3) is 0.0833. The number of thiophene rings is 2. The fourth-order valence-electron chi connectivity index (χ4n) is 6.46. The maximum absolute atomic E-state index is 12.9. The molecule has 8 rings (SSSR count). The average molecular weight is 931 g/mol. The van der Waals surface area contributed by atoms with Crippen molar-refractivity contribution in [1.82, 2.24) is 26.8 Å². The summed E-state index contributed by atoms with van der Waals surface area (Å²) in [6, 6.07) is 37.8. The van der Waals surface area contributed by atoms with Gasteiger partial charge in [0.05, 0.1) is 33.8 Å². The standard InChI is InChI=1S/C24H20N6OS.C23H19N7OS.CH4O.H3N/c1-16(28-15-25)29-18-5-4-6-19(13-18)30-24(31)23-22(10-12-32-23)27-14-17-9-11-26-21-8-3-2-7-20(17)21;24-14-28-23(25)30-17-5-3-4-16(12-17)29-22(31)21-20(9-11-32-21)27-13-15-8-10-26-19-7-2-1-6-18(15)19;1-2;/h2-13,27H,14H2,1H3,(H,28,29)(H,30,31);1-12,27H,13H2,(H,29,31)(H3,25,28,30);2H,1H3;1H3. The largest absolute Gasteiger partial charge is 0.400 e. The van der Waals surface area contributed by atoms with Crippen LogP contribution in [-0.4, -0.2) is 45.8 Å². The first kappa shape index (κ1) is 49.3. The van der Waals surface area contributed by atoms with Crippen LogP contribution in [0, 0.1) is 22.9 Å². The highest BCUT2D eigenvalue weighted by Gasteiger charge is 2.16. The van der Waals surface area contributed by atoms with Crippen LogP contribution >= 0.6 is 22.7 Å². The molecule has 0 fully saturated rings. The molecule has 4 heterocycles. The lowest BCUT2D eigenvalue weighted by atomic mass is 10.1. The van der Waals surface area contributed by atoms with Crippen molar-refractivity contribution in [3.8, 4) is 12.4 Å². The molecule has 0 radical (unpaired) electrons. The van der Waals surface area contributed by atoms with Crippen molar-refractivity contribution in [2.24, 2.45) is 15.7 Å². The Morgan fingerprint density at radius 2 is 1.10 bits per heavy atom. The Kier molecular flexibility index (Phi) is 18.4. The van der Waals surface area contributed by atoms with Gasteiger partial charge in [-0.15, -0.1) is 22.7 Å². The van der Waals surface area contributed by atoms with Crippen molar-refractivity contribution >= 4 is 102 Å². The number of fused-ring (bicyclic) bond motifs is 2. The van der Waals surface area contributed by atoms with Gasteiger partial charge in [0.15, 0.2) is 12.4 Å². The van der Waals surface area contributed by atoms with Crippen LogP contribution in [0.1, 0.15) is 37.4 Å². The minimum atomic E-state index is -0.230. The second-order valence-corrected chi connectivity index (χ2v) is 15.5. The number of amidine groups is 1. The highest BCUT2D eigenvalue weighted by molar-refractivity contribution is 7.13. The molecule has 4 aromatic heterocycles. The van der Waals surface area contributed by atoms with E-state index in [1.54, 1.807) is 74.0 Å². The van der Waals surface area contributed by atoms with Gasteiger partial charge in [0.2, 0.25) is 5.96 Å². The van der Waals surface area contributed by atoms with E-state index in [-0.39, 0.29) is 23.9 Å². The first-order chi connectivity index (χ1) is 32.3. The second kappa shape index (κ2) is 24.9. The van der Waals surface area contributed by atoms with Crippen LogP contribution in [0.3, 0.4) is 0 Å². The summed E-state index contributed by atoms with van der Waals surface area (Å²) in [6.45, 7) is 2.84. The number of amides is 2. The molecule has 8 aromatic rings. The number of carbonyl (C=O) groups is 2. The number of aliphatic hydroxyl groups excluding tert-OH is 1. The van der Waals surface area contributed by atoms with Gasteiger partial charge in [0.25, 0.3) is 11.8 Å². The third-order valence-corrected chi connectivity index (χ3v) is 11.2. The first-order valence-corrected chi connectivity index (χ1v) is 21.8. The van der Waals surface area contributed by atoms with Crippen molar-refractivity contribution in [3.63, 3.8) is 0 Å². The highest BCUT2D eigenvalue weighted by Crippen LogP contribution is 2.28. The number of aliphatic imine (C=N–C) groups is 2. The van der Waals surface area contributed by atoms with Crippen LogP contribution in [0.5, 0.6) is 0 Å². The second-order valence-electron chi connectivity index (χ2n) is 13.7. The molecule has 0 aliphatic heterocycles. The number of benzene rings is 4. The molecule has 17 nitrogen and oxygen atoms in total. The molecule has 4 aromatic carbocycles. The molecule has 0 saturated carbocycles. The van der Waals surface area contributed by atoms with E-state index in [2.05, 4.69) is 51.9 Å². The van der Waals surface area contributed by atoms with Crippen LogP contribution in [-0.2, 0) is 13.1 Å². The third kappa shape index (κ3) is 13.6. The maximum Gasteiger partial charge on any atom is 0.267 e. The van der Waals surface area contributed by atoms with Crippen LogP contribution in [0.25, 0.3) is 21.8 Å². The number of guanidine groups is 1. The van der Waals surface area contributed by atoms with Crippen LogP contribution in [0.4, 0.5) is 34.1 Å². The molecule has 0 spiro atoms. The van der Waals surface area contributed by atoms with Crippen LogP contribution in [0.2, 0.25) is 0 Å². The predicted molar refractivity (Wildman–Crippen MR) is 270 cm³/mol. The number of aliphatic hydroxyl groups is 1. The number of carbonyl (C=O) groups excluding carboxylic acids is 2. The van der Waals surface area contributed by atoms with Gasteiger partial charge in [-0.3, -0.25) is 30.2 Å². The van der Waals surface area contributed by atoms with E-state index >= 15 is 0 Å². The quantitative estimate of drug-likeness (QED) is 0.0239. The summed E-state index contributed by atoms with van der Waals surface area (Å²) in [5, 5.41) is 47.5. The van der Waals surface area contributed by atoms with Gasteiger partial charge in [-0.2, -0.15) is 10.5 Å². The smallest absolute Gasteiger partial charge is 0.267 e. The number of nitrogens with one attached hydrogen (secondary N) is 6. The van der Waals surface area contributed by atoms with Crippen LogP contribution in [0.15, 0.2) is 154 Å². The Hall–Kier alpha value is -8.72. The summed E-state index contributed by atoms with van der Waals surface area (Å²) >= 11 is 2.73. The Morgan fingerprint density at radius 1 is 0.642 bits per heavy atom. The van der Waals surface area contributed by atoms with E-state index in [0.29, 0.717) is 51.4 Å². The van der Waals surface area contributed by atoms with Crippen molar-refractivity contribution in [2.45, 2.75) is 20.0 Å². The molecule has 0 aliphatic carbocycles. The number of aromatic nitrogens is 2.